The Morgan fingerprint density at radius 2 is 1.87 bits per heavy atom. The molecule has 0 fully saturated rings. The molecule has 8 heteroatoms. The van der Waals surface area contributed by atoms with Gasteiger partial charge in [0.15, 0.2) is 11.5 Å². The second-order valence-corrected chi connectivity index (χ2v) is 8.14. The quantitative estimate of drug-likeness (QED) is 0.519. The van der Waals surface area contributed by atoms with Gasteiger partial charge in [-0.1, -0.05) is 30.3 Å². The maximum Gasteiger partial charge on any atom is 0.407 e. The molecule has 8 nitrogen and oxygen atoms in total. The van der Waals surface area contributed by atoms with Gasteiger partial charge in [0.1, 0.15) is 5.60 Å². The van der Waals surface area contributed by atoms with Gasteiger partial charge in [-0.05, 0) is 44.0 Å². The lowest BCUT2D eigenvalue weighted by Crippen LogP contribution is -2.32. The van der Waals surface area contributed by atoms with Crippen molar-refractivity contribution in [2.24, 2.45) is 0 Å². The van der Waals surface area contributed by atoms with Crippen LogP contribution in [0.5, 0.6) is 0 Å². The van der Waals surface area contributed by atoms with Crippen LogP contribution in [0.2, 0.25) is 0 Å². The SMILES string of the molecule is CC(C)(C)OC(=O)NCc1ccc(-c2cnc3c(-c4ccccn4)c(N)nn3c2)cc1. The molecule has 0 aliphatic rings. The lowest BCUT2D eigenvalue weighted by Gasteiger charge is -2.19. The lowest BCUT2D eigenvalue weighted by molar-refractivity contribution is 0.0523. The molecule has 0 saturated heterocycles. The summed E-state index contributed by atoms with van der Waals surface area (Å²) in [6.45, 7) is 5.88. The number of nitrogens with one attached hydrogen (secondary N) is 1. The summed E-state index contributed by atoms with van der Waals surface area (Å²) in [7, 11) is 0. The Morgan fingerprint density at radius 1 is 1.10 bits per heavy atom. The van der Waals surface area contributed by atoms with Crippen LogP contribution in [0.4, 0.5) is 10.6 Å². The van der Waals surface area contributed by atoms with E-state index in [-0.39, 0.29) is 0 Å². The number of carbonyl (C=O) groups is 1. The fourth-order valence-corrected chi connectivity index (χ4v) is 3.16. The van der Waals surface area contributed by atoms with Gasteiger partial charge in [-0.25, -0.2) is 14.3 Å². The third-order valence-electron chi connectivity index (χ3n) is 4.54. The smallest absolute Gasteiger partial charge is 0.407 e. The minimum Gasteiger partial charge on any atom is -0.444 e. The van der Waals surface area contributed by atoms with E-state index in [1.54, 1.807) is 16.9 Å². The molecule has 4 aromatic rings. The average molecular weight is 416 g/mol. The zero-order chi connectivity index (χ0) is 22.0. The summed E-state index contributed by atoms with van der Waals surface area (Å²) in [6, 6.07) is 13.5. The summed E-state index contributed by atoms with van der Waals surface area (Å²) in [4.78, 5) is 20.7. The maximum absolute atomic E-state index is 11.8. The first-order valence-corrected chi connectivity index (χ1v) is 9.91. The molecule has 0 saturated carbocycles. The number of hydrogen-bond donors (Lipinski definition) is 2. The van der Waals surface area contributed by atoms with E-state index in [1.807, 2.05) is 69.4 Å². The van der Waals surface area contributed by atoms with Crippen LogP contribution in [0.15, 0.2) is 61.1 Å². The van der Waals surface area contributed by atoms with Crippen molar-refractivity contribution in [2.45, 2.75) is 32.9 Å². The number of benzene rings is 1. The predicted octanol–water partition coefficient (Wildman–Crippen LogP) is 4.07. The summed E-state index contributed by atoms with van der Waals surface area (Å²) in [5.74, 6) is 0.381. The molecule has 0 atom stereocenters. The Labute approximate surface area is 180 Å². The number of ether oxygens (including phenoxy) is 1. The monoisotopic (exact) mass is 416 g/mol. The number of aromatic nitrogens is 4. The summed E-state index contributed by atoms with van der Waals surface area (Å²) >= 11 is 0. The molecule has 3 aromatic heterocycles. The number of anilines is 1. The molecule has 0 radical (unpaired) electrons. The van der Waals surface area contributed by atoms with E-state index < -0.39 is 11.7 Å². The zero-order valence-corrected chi connectivity index (χ0v) is 17.7. The van der Waals surface area contributed by atoms with Gasteiger partial charge in [0.2, 0.25) is 0 Å². The van der Waals surface area contributed by atoms with Crippen LogP contribution in [-0.4, -0.2) is 31.3 Å². The minimum absolute atomic E-state index is 0.381. The molecule has 1 amide bonds. The first-order chi connectivity index (χ1) is 14.8. The van der Waals surface area contributed by atoms with E-state index in [4.69, 9.17) is 10.5 Å². The van der Waals surface area contributed by atoms with Crippen molar-refractivity contribution in [1.29, 1.82) is 0 Å². The molecule has 158 valence electrons. The average Bonchev–Trinajstić information content (AvgIpc) is 3.07. The molecule has 31 heavy (non-hydrogen) atoms. The Morgan fingerprint density at radius 3 is 2.55 bits per heavy atom. The number of pyridine rings is 1. The second kappa shape index (κ2) is 8.06. The largest absolute Gasteiger partial charge is 0.444 e. The van der Waals surface area contributed by atoms with Gasteiger partial charge in [0.05, 0.1) is 11.3 Å². The first-order valence-electron chi connectivity index (χ1n) is 9.91. The first kappa shape index (κ1) is 20.3. The highest BCUT2D eigenvalue weighted by Gasteiger charge is 2.16. The number of nitrogens with two attached hydrogens (primary N) is 1. The third-order valence-corrected chi connectivity index (χ3v) is 4.54. The number of hydrogen-bond acceptors (Lipinski definition) is 6. The van der Waals surface area contributed by atoms with Crippen molar-refractivity contribution in [3.05, 3.63) is 66.6 Å². The van der Waals surface area contributed by atoms with Gasteiger partial charge in [0.25, 0.3) is 0 Å². The number of nitrogens with zero attached hydrogens (tertiary/aromatic N) is 4. The Balaban J connectivity index is 1.52. The van der Waals surface area contributed by atoms with Crippen LogP contribution < -0.4 is 11.1 Å². The number of amides is 1. The van der Waals surface area contributed by atoms with E-state index in [0.29, 0.717) is 18.0 Å². The van der Waals surface area contributed by atoms with Gasteiger partial charge in [-0.15, -0.1) is 5.10 Å². The van der Waals surface area contributed by atoms with Crippen molar-refractivity contribution in [3.63, 3.8) is 0 Å². The number of nitrogen functional groups attached to an aromatic ring is 1. The Kier molecular flexibility index (Phi) is 5.29. The molecular weight excluding hydrogens is 392 g/mol. The molecule has 4 rings (SSSR count). The van der Waals surface area contributed by atoms with Crippen LogP contribution in [0, 0.1) is 0 Å². The highest BCUT2D eigenvalue weighted by molar-refractivity contribution is 5.84. The summed E-state index contributed by atoms with van der Waals surface area (Å²) in [6.07, 6.45) is 4.95. The van der Waals surface area contributed by atoms with E-state index in [1.165, 1.54) is 0 Å². The van der Waals surface area contributed by atoms with Crippen LogP contribution in [-0.2, 0) is 11.3 Å². The maximum atomic E-state index is 11.8. The van der Waals surface area contributed by atoms with Crippen molar-refractivity contribution in [3.8, 4) is 22.4 Å². The molecule has 3 heterocycles. The molecule has 0 unspecified atom stereocenters. The summed E-state index contributed by atoms with van der Waals surface area (Å²) < 4.78 is 6.93. The van der Waals surface area contributed by atoms with E-state index in [0.717, 1.165) is 27.9 Å². The van der Waals surface area contributed by atoms with Crippen molar-refractivity contribution >= 4 is 17.6 Å². The molecule has 0 bridgehead atoms. The normalized spacial score (nSPS) is 11.5. The highest BCUT2D eigenvalue weighted by Crippen LogP contribution is 2.29. The minimum atomic E-state index is -0.522. The molecule has 0 aliphatic carbocycles. The Bertz CT molecular complexity index is 1210. The zero-order valence-electron chi connectivity index (χ0n) is 17.7. The number of carbonyl (C=O) groups excluding carboxylic acids is 1. The van der Waals surface area contributed by atoms with Crippen molar-refractivity contribution in [1.82, 2.24) is 24.9 Å². The standard InChI is InChI=1S/C23H24N6O2/c1-23(2,3)31-22(30)27-12-15-7-9-16(10-8-15)17-13-26-21-19(18-6-4-5-11-25-18)20(24)28-29(21)14-17/h4-11,13-14H,12H2,1-3H3,(H2,24,28)(H,27,30). The number of fused-ring (bicyclic) bond motifs is 1. The third kappa shape index (κ3) is 4.63. The van der Waals surface area contributed by atoms with Gasteiger partial charge in [-0.2, -0.15) is 0 Å². The van der Waals surface area contributed by atoms with Gasteiger partial charge in [-0.3, -0.25) is 4.98 Å². The molecule has 0 spiro atoms. The van der Waals surface area contributed by atoms with Crippen LogP contribution in [0.25, 0.3) is 28.0 Å². The van der Waals surface area contributed by atoms with E-state index in [2.05, 4.69) is 20.4 Å². The fraction of sp³-hybridized carbons (Fsp3) is 0.217. The van der Waals surface area contributed by atoms with Crippen LogP contribution in [0.1, 0.15) is 26.3 Å². The fourth-order valence-electron chi connectivity index (χ4n) is 3.16. The predicted molar refractivity (Wildman–Crippen MR) is 119 cm³/mol. The molecular formula is C23H24N6O2. The van der Waals surface area contributed by atoms with Crippen molar-refractivity contribution in [2.75, 3.05) is 5.73 Å². The molecule has 3 N–H and O–H groups in total. The van der Waals surface area contributed by atoms with Crippen molar-refractivity contribution < 1.29 is 9.53 Å². The molecule has 1 aromatic carbocycles. The highest BCUT2D eigenvalue weighted by atomic mass is 16.6. The molecule has 0 aliphatic heterocycles. The van der Waals surface area contributed by atoms with Gasteiger partial charge >= 0.3 is 6.09 Å². The summed E-state index contributed by atoms with van der Waals surface area (Å²) in [5.41, 5.74) is 10.5. The van der Waals surface area contributed by atoms with E-state index in [9.17, 15) is 4.79 Å². The Hall–Kier alpha value is -3.94. The summed E-state index contributed by atoms with van der Waals surface area (Å²) in [5, 5.41) is 7.16. The number of rotatable bonds is 4. The second-order valence-electron chi connectivity index (χ2n) is 8.14. The topological polar surface area (TPSA) is 107 Å². The van der Waals surface area contributed by atoms with Gasteiger partial charge < -0.3 is 15.8 Å². The van der Waals surface area contributed by atoms with Crippen LogP contribution in [0.3, 0.4) is 0 Å². The number of alkyl carbamates (subject to hydrolysis) is 1. The lowest BCUT2D eigenvalue weighted by atomic mass is 10.1. The van der Waals surface area contributed by atoms with Gasteiger partial charge in [0, 0.05) is 30.7 Å². The van der Waals surface area contributed by atoms with Crippen LogP contribution >= 0.6 is 0 Å². The van der Waals surface area contributed by atoms with E-state index >= 15 is 0 Å².